The fraction of sp³-hybridized carbons (Fsp3) is 0.111. The maximum atomic E-state index is 12.2. The summed E-state index contributed by atoms with van der Waals surface area (Å²) in [5.41, 5.74) is 1.34. The molecule has 0 spiro atoms. The molecule has 0 unspecified atom stereocenters. The molecule has 2 heterocycles. The summed E-state index contributed by atoms with van der Waals surface area (Å²) in [5, 5.41) is 9.03. The summed E-state index contributed by atoms with van der Waals surface area (Å²) in [6.45, 7) is 1.93. The SMILES string of the molecule is C[C@@H](Sc1nnc(-c2ccccc2Br)o1)c1nc2ccccc2c(=O)[nH]1. The van der Waals surface area contributed by atoms with Gasteiger partial charge in [-0.05, 0) is 47.1 Å². The van der Waals surface area contributed by atoms with Crippen LogP contribution in [0.3, 0.4) is 0 Å². The van der Waals surface area contributed by atoms with E-state index in [2.05, 4.69) is 36.1 Å². The zero-order valence-corrected chi connectivity index (χ0v) is 16.0. The van der Waals surface area contributed by atoms with Crippen LogP contribution >= 0.6 is 27.7 Å². The van der Waals surface area contributed by atoms with Gasteiger partial charge in [-0.1, -0.05) is 36.0 Å². The van der Waals surface area contributed by atoms with Crippen molar-refractivity contribution in [2.24, 2.45) is 0 Å². The molecule has 6 nitrogen and oxygen atoms in total. The zero-order valence-electron chi connectivity index (χ0n) is 13.6. The van der Waals surface area contributed by atoms with E-state index in [1.165, 1.54) is 11.8 Å². The number of fused-ring (bicyclic) bond motifs is 1. The van der Waals surface area contributed by atoms with Gasteiger partial charge in [-0.25, -0.2) is 4.98 Å². The first kappa shape index (κ1) is 17.0. The van der Waals surface area contributed by atoms with Crippen molar-refractivity contribution in [1.29, 1.82) is 0 Å². The molecule has 0 bridgehead atoms. The van der Waals surface area contributed by atoms with Crippen LogP contribution in [0.15, 0.2) is 67.4 Å². The van der Waals surface area contributed by atoms with Crippen molar-refractivity contribution < 1.29 is 4.42 Å². The number of thioether (sulfide) groups is 1. The quantitative estimate of drug-likeness (QED) is 0.478. The molecule has 0 aliphatic heterocycles. The molecular weight excluding hydrogens is 416 g/mol. The highest BCUT2D eigenvalue weighted by molar-refractivity contribution is 9.10. The molecule has 0 fully saturated rings. The third-order valence-corrected chi connectivity index (χ3v) is 5.44. The highest BCUT2D eigenvalue weighted by atomic mass is 79.9. The fourth-order valence-corrected chi connectivity index (χ4v) is 3.70. The first-order chi connectivity index (χ1) is 12.6. The molecule has 0 saturated heterocycles. The van der Waals surface area contributed by atoms with Crippen molar-refractivity contribution in [2.45, 2.75) is 17.4 Å². The minimum absolute atomic E-state index is 0.153. The largest absolute Gasteiger partial charge is 0.411 e. The van der Waals surface area contributed by atoms with Gasteiger partial charge in [0.15, 0.2) is 0 Å². The van der Waals surface area contributed by atoms with Crippen LogP contribution in [0.2, 0.25) is 0 Å². The van der Waals surface area contributed by atoms with Gasteiger partial charge < -0.3 is 9.40 Å². The maximum absolute atomic E-state index is 12.2. The molecule has 4 rings (SSSR count). The maximum Gasteiger partial charge on any atom is 0.277 e. The number of hydrogen-bond acceptors (Lipinski definition) is 6. The molecule has 1 atom stereocenters. The Morgan fingerprint density at radius 2 is 1.88 bits per heavy atom. The summed E-state index contributed by atoms with van der Waals surface area (Å²) in [7, 11) is 0. The second-order valence-electron chi connectivity index (χ2n) is 5.58. The summed E-state index contributed by atoms with van der Waals surface area (Å²) in [6.07, 6.45) is 0. The first-order valence-corrected chi connectivity index (χ1v) is 9.53. The molecule has 2 aromatic heterocycles. The van der Waals surface area contributed by atoms with Crippen molar-refractivity contribution >= 4 is 38.6 Å². The van der Waals surface area contributed by atoms with Crippen molar-refractivity contribution in [3.05, 3.63) is 69.2 Å². The molecule has 4 aromatic rings. The normalized spacial score (nSPS) is 12.4. The number of nitrogens with one attached hydrogen (secondary N) is 1. The average Bonchev–Trinajstić information content (AvgIpc) is 3.10. The van der Waals surface area contributed by atoms with Crippen LogP contribution < -0.4 is 5.56 Å². The van der Waals surface area contributed by atoms with Gasteiger partial charge in [0.05, 0.1) is 21.7 Å². The molecule has 0 amide bonds. The second-order valence-corrected chi connectivity index (χ2v) is 7.73. The molecule has 130 valence electrons. The molecule has 0 saturated carbocycles. The first-order valence-electron chi connectivity index (χ1n) is 7.86. The summed E-state index contributed by atoms with van der Waals surface area (Å²) in [5.74, 6) is 1.01. The molecule has 26 heavy (non-hydrogen) atoms. The Morgan fingerprint density at radius 1 is 1.12 bits per heavy atom. The topological polar surface area (TPSA) is 84.7 Å². The predicted octanol–water partition coefficient (Wildman–Crippen LogP) is 4.59. The zero-order chi connectivity index (χ0) is 18.1. The Morgan fingerprint density at radius 3 is 2.73 bits per heavy atom. The van der Waals surface area contributed by atoms with Gasteiger partial charge in [-0.3, -0.25) is 4.79 Å². The van der Waals surface area contributed by atoms with Crippen LogP contribution in [0.25, 0.3) is 22.4 Å². The van der Waals surface area contributed by atoms with E-state index in [4.69, 9.17) is 4.42 Å². The number of aromatic amines is 1. The lowest BCUT2D eigenvalue weighted by Gasteiger charge is -2.08. The van der Waals surface area contributed by atoms with Gasteiger partial charge >= 0.3 is 0 Å². The Kier molecular flexibility index (Phi) is 4.60. The fourth-order valence-electron chi connectivity index (χ4n) is 2.50. The number of hydrogen-bond donors (Lipinski definition) is 1. The predicted molar refractivity (Wildman–Crippen MR) is 104 cm³/mol. The molecule has 2 aromatic carbocycles. The smallest absolute Gasteiger partial charge is 0.277 e. The number of nitrogens with zero attached hydrogens (tertiary/aromatic N) is 3. The number of halogens is 1. The van der Waals surface area contributed by atoms with E-state index in [0.717, 1.165) is 10.0 Å². The van der Waals surface area contributed by atoms with Gasteiger partial charge in [0.1, 0.15) is 5.82 Å². The van der Waals surface area contributed by atoms with Crippen molar-refractivity contribution in [1.82, 2.24) is 20.2 Å². The van der Waals surface area contributed by atoms with Gasteiger partial charge in [-0.2, -0.15) is 0 Å². The number of rotatable bonds is 4. The van der Waals surface area contributed by atoms with Crippen LogP contribution in [-0.2, 0) is 0 Å². The minimum atomic E-state index is -0.155. The van der Waals surface area contributed by atoms with Crippen LogP contribution in [-0.4, -0.2) is 20.2 Å². The third kappa shape index (κ3) is 3.30. The monoisotopic (exact) mass is 428 g/mol. The molecule has 1 N–H and O–H groups in total. The molecular formula is C18H13BrN4O2S. The Labute approximate surface area is 161 Å². The highest BCUT2D eigenvalue weighted by Gasteiger charge is 2.17. The van der Waals surface area contributed by atoms with Crippen LogP contribution in [0.4, 0.5) is 0 Å². The lowest BCUT2D eigenvalue weighted by atomic mass is 10.2. The Hall–Kier alpha value is -2.45. The summed E-state index contributed by atoms with van der Waals surface area (Å²) in [4.78, 5) is 19.6. The van der Waals surface area contributed by atoms with E-state index in [-0.39, 0.29) is 10.8 Å². The summed E-state index contributed by atoms with van der Waals surface area (Å²) < 4.78 is 6.63. The van der Waals surface area contributed by atoms with Gasteiger partial charge in [-0.15, -0.1) is 10.2 Å². The van der Waals surface area contributed by atoms with Crippen LogP contribution in [0.1, 0.15) is 18.0 Å². The van der Waals surface area contributed by atoms with E-state index in [1.54, 1.807) is 6.07 Å². The van der Waals surface area contributed by atoms with Gasteiger partial charge in [0.2, 0.25) is 5.89 Å². The van der Waals surface area contributed by atoms with E-state index in [9.17, 15) is 4.79 Å². The molecule has 0 aliphatic rings. The number of aromatic nitrogens is 4. The van der Waals surface area contributed by atoms with Crippen molar-refractivity contribution in [2.75, 3.05) is 0 Å². The van der Waals surface area contributed by atoms with E-state index < -0.39 is 0 Å². The van der Waals surface area contributed by atoms with Crippen LogP contribution in [0, 0.1) is 0 Å². The lowest BCUT2D eigenvalue weighted by Crippen LogP contribution is -2.12. The Balaban J connectivity index is 1.60. The minimum Gasteiger partial charge on any atom is -0.411 e. The van der Waals surface area contributed by atoms with Crippen molar-refractivity contribution in [3.8, 4) is 11.5 Å². The summed E-state index contributed by atoms with van der Waals surface area (Å²) in [6, 6.07) is 14.9. The van der Waals surface area contributed by atoms with Crippen LogP contribution in [0.5, 0.6) is 0 Å². The highest BCUT2D eigenvalue weighted by Crippen LogP contribution is 2.35. The Bertz CT molecular complexity index is 1140. The molecule has 0 radical (unpaired) electrons. The molecule has 0 aliphatic carbocycles. The standard InChI is InChI=1S/C18H13BrN4O2S/c1-10(15-20-14-9-5-3-7-12(14)16(24)21-15)26-18-23-22-17(25-18)11-6-2-4-8-13(11)19/h2-10H,1H3,(H,20,21,24)/t10-/m1/s1. The second kappa shape index (κ2) is 7.05. The van der Waals surface area contributed by atoms with Gasteiger partial charge in [0.25, 0.3) is 10.8 Å². The number of para-hydroxylation sites is 1. The third-order valence-electron chi connectivity index (χ3n) is 3.80. The number of H-pyrrole nitrogens is 1. The summed E-state index contributed by atoms with van der Waals surface area (Å²) >= 11 is 4.82. The van der Waals surface area contributed by atoms with Gasteiger partial charge in [0, 0.05) is 4.47 Å². The lowest BCUT2D eigenvalue weighted by molar-refractivity contribution is 0.464. The van der Waals surface area contributed by atoms with E-state index >= 15 is 0 Å². The average molecular weight is 429 g/mol. The molecule has 8 heteroatoms. The van der Waals surface area contributed by atoms with E-state index in [1.807, 2.05) is 49.4 Å². The van der Waals surface area contributed by atoms with Crippen molar-refractivity contribution in [3.63, 3.8) is 0 Å². The number of benzene rings is 2. The van der Waals surface area contributed by atoms with E-state index in [0.29, 0.717) is 27.8 Å².